The third kappa shape index (κ3) is 3.71. The second-order valence-electron chi connectivity index (χ2n) is 6.58. The third-order valence-corrected chi connectivity index (χ3v) is 5.84. The predicted octanol–water partition coefficient (Wildman–Crippen LogP) is 5.01. The van der Waals surface area contributed by atoms with E-state index in [0.29, 0.717) is 4.91 Å². The molecule has 0 bridgehead atoms. The van der Waals surface area contributed by atoms with Gasteiger partial charge >= 0.3 is 0 Å². The van der Waals surface area contributed by atoms with E-state index in [1.165, 1.54) is 17.3 Å². The van der Waals surface area contributed by atoms with Crippen LogP contribution in [0.3, 0.4) is 0 Å². The van der Waals surface area contributed by atoms with Gasteiger partial charge in [-0.25, -0.2) is 0 Å². The molecule has 0 saturated carbocycles. The number of carbonyl (C=O) groups excluding carboxylic acids is 1. The normalized spacial score (nSPS) is 17.7. The summed E-state index contributed by atoms with van der Waals surface area (Å²) >= 11 is 1.49. The minimum Gasteiger partial charge on any atom is -0.496 e. The quantitative estimate of drug-likeness (QED) is 0.601. The minimum absolute atomic E-state index is 0.0624. The standard InChI is InChI=1S/C23H22N2O2S/c1-3-15-8-11-17(12-9-15)24-23-25-22(26)21(28-23)14-16-10-13-20(27-2)19-7-5-4-6-18(16)19/h4-14,23-24H,3H2,1-2H3,(H,25,26)/b21-14-/t23-/m0/s1. The van der Waals surface area contributed by atoms with Crippen LogP contribution in [-0.2, 0) is 11.2 Å². The second kappa shape index (κ2) is 7.98. The summed E-state index contributed by atoms with van der Waals surface area (Å²) in [6.45, 7) is 2.13. The SMILES string of the molecule is CCc1ccc(N[C@H]2NC(=O)/C(=C/c3ccc(OC)c4ccccc34)S2)cc1. The zero-order valence-electron chi connectivity index (χ0n) is 15.9. The van der Waals surface area contributed by atoms with E-state index in [-0.39, 0.29) is 11.4 Å². The van der Waals surface area contributed by atoms with E-state index in [4.69, 9.17) is 4.74 Å². The zero-order valence-corrected chi connectivity index (χ0v) is 16.7. The number of nitrogens with one attached hydrogen (secondary N) is 2. The van der Waals surface area contributed by atoms with Gasteiger partial charge in [-0.15, -0.1) is 0 Å². The first-order chi connectivity index (χ1) is 13.7. The zero-order chi connectivity index (χ0) is 19.5. The number of ether oxygens (including phenoxy) is 1. The summed E-state index contributed by atoms with van der Waals surface area (Å²) < 4.78 is 5.46. The second-order valence-corrected chi connectivity index (χ2v) is 7.72. The fourth-order valence-corrected chi connectivity index (χ4v) is 4.27. The van der Waals surface area contributed by atoms with E-state index in [0.717, 1.165) is 34.2 Å². The average molecular weight is 391 g/mol. The van der Waals surface area contributed by atoms with Crippen LogP contribution in [0, 0.1) is 0 Å². The van der Waals surface area contributed by atoms with Gasteiger partial charge in [0.05, 0.1) is 12.0 Å². The van der Waals surface area contributed by atoms with E-state index in [1.54, 1.807) is 7.11 Å². The van der Waals surface area contributed by atoms with Crippen LogP contribution in [0.15, 0.2) is 65.6 Å². The highest BCUT2D eigenvalue weighted by atomic mass is 32.2. The summed E-state index contributed by atoms with van der Waals surface area (Å²) in [6, 6.07) is 20.3. The molecule has 1 aliphatic rings. The summed E-state index contributed by atoms with van der Waals surface area (Å²) in [5.41, 5.74) is 3.10. The number of aryl methyl sites for hydroxylation is 1. The summed E-state index contributed by atoms with van der Waals surface area (Å²) in [6.07, 6.45) is 2.96. The molecule has 4 nitrogen and oxygen atoms in total. The first-order valence-electron chi connectivity index (χ1n) is 9.28. The molecule has 142 valence electrons. The Hall–Kier alpha value is -2.92. The van der Waals surface area contributed by atoms with Gasteiger partial charge in [-0.3, -0.25) is 4.79 Å². The molecule has 3 aromatic carbocycles. The summed E-state index contributed by atoms with van der Waals surface area (Å²) in [5, 5.41) is 8.46. The van der Waals surface area contributed by atoms with Gasteiger partial charge in [0.1, 0.15) is 5.75 Å². The Bertz CT molecular complexity index is 1040. The van der Waals surface area contributed by atoms with Gasteiger partial charge in [0.15, 0.2) is 5.50 Å². The number of methoxy groups -OCH3 is 1. The molecule has 0 spiro atoms. The predicted molar refractivity (Wildman–Crippen MR) is 117 cm³/mol. The van der Waals surface area contributed by atoms with Crippen molar-refractivity contribution in [1.29, 1.82) is 0 Å². The number of anilines is 1. The lowest BCUT2D eigenvalue weighted by Crippen LogP contribution is -2.30. The number of benzene rings is 3. The van der Waals surface area contributed by atoms with E-state index in [2.05, 4.69) is 29.7 Å². The summed E-state index contributed by atoms with van der Waals surface area (Å²) in [5.74, 6) is 0.768. The van der Waals surface area contributed by atoms with Gasteiger partial charge in [-0.05, 0) is 47.2 Å². The van der Waals surface area contributed by atoms with E-state index >= 15 is 0 Å². The highest BCUT2D eigenvalue weighted by Gasteiger charge is 2.27. The molecular weight excluding hydrogens is 368 g/mol. The molecule has 1 fully saturated rings. The molecule has 0 aromatic heterocycles. The average Bonchev–Trinajstić information content (AvgIpc) is 3.07. The molecule has 1 aliphatic heterocycles. The largest absolute Gasteiger partial charge is 0.496 e. The minimum atomic E-state index is -0.185. The Balaban J connectivity index is 1.57. The highest BCUT2D eigenvalue weighted by Crippen LogP contribution is 2.34. The van der Waals surface area contributed by atoms with E-state index < -0.39 is 0 Å². The number of fused-ring (bicyclic) bond motifs is 1. The number of rotatable bonds is 5. The molecular formula is C23H22N2O2S. The number of hydrogen-bond acceptors (Lipinski definition) is 4. The Morgan fingerprint density at radius 2 is 1.82 bits per heavy atom. The molecule has 3 aromatic rings. The fraction of sp³-hybridized carbons (Fsp3) is 0.174. The monoisotopic (exact) mass is 390 g/mol. The van der Waals surface area contributed by atoms with Crippen molar-refractivity contribution in [3.05, 3.63) is 76.7 Å². The van der Waals surface area contributed by atoms with Gasteiger partial charge < -0.3 is 15.4 Å². The molecule has 1 heterocycles. The van der Waals surface area contributed by atoms with Crippen LogP contribution in [0.1, 0.15) is 18.1 Å². The molecule has 1 saturated heterocycles. The van der Waals surface area contributed by atoms with Crippen LogP contribution < -0.4 is 15.4 Å². The molecule has 0 unspecified atom stereocenters. The van der Waals surface area contributed by atoms with Crippen LogP contribution in [-0.4, -0.2) is 18.5 Å². The number of thioether (sulfide) groups is 1. The number of hydrogen-bond donors (Lipinski definition) is 2. The number of amides is 1. The van der Waals surface area contributed by atoms with Crippen LogP contribution >= 0.6 is 11.8 Å². The van der Waals surface area contributed by atoms with E-state index in [9.17, 15) is 4.79 Å². The molecule has 0 radical (unpaired) electrons. The van der Waals surface area contributed by atoms with Crippen molar-refractivity contribution in [2.45, 2.75) is 18.8 Å². The summed E-state index contributed by atoms with van der Waals surface area (Å²) in [4.78, 5) is 13.2. The van der Waals surface area contributed by atoms with Gasteiger partial charge in [-0.1, -0.05) is 61.2 Å². The molecule has 28 heavy (non-hydrogen) atoms. The Kier molecular flexibility index (Phi) is 5.26. The van der Waals surface area contributed by atoms with Crippen molar-refractivity contribution in [3.63, 3.8) is 0 Å². The van der Waals surface area contributed by atoms with Crippen molar-refractivity contribution in [2.75, 3.05) is 12.4 Å². The van der Waals surface area contributed by atoms with Gasteiger partial charge in [0.25, 0.3) is 5.91 Å². The first-order valence-corrected chi connectivity index (χ1v) is 10.2. The van der Waals surface area contributed by atoms with Crippen molar-refractivity contribution in [2.24, 2.45) is 0 Å². The maximum atomic E-state index is 12.5. The summed E-state index contributed by atoms with van der Waals surface area (Å²) in [7, 11) is 1.67. The van der Waals surface area contributed by atoms with Crippen LogP contribution in [0.4, 0.5) is 5.69 Å². The molecule has 5 heteroatoms. The van der Waals surface area contributed by atoms with Gasteiger partial charge in [0.2, 0.25) is 0 Å². The lowest BCUT2D eigenvalue weighted by atomic mass is 10.0. The molecule has 1 atom stereocenters. The van der Waals surface area contributed by atoms with Crippen molar-refractivity contribution < 1.29 is 9.53 Å². The van der Waals surface area contributed by atoms with Crippen LogP contribution in [0.2, 0.25) is 0 Å². The molecule has 2 N–H and O–H groups in total. The third-order valence-electron chi connectivity index (χ3n) is 4.82. The maximum Gasteiger partial charge on any atom is 0.260 e. The Morgan fingerprint density at radius 1 is 1.07 bits per heavy atom. The first kappa shape index (κ1) is 18.4. The van der Waals surface area contributed by atoms with Crippen LogP contribution in [0.25, 0.3) is 16.8 Å². The smallest absolute Gasteiger partial charge is 0.260 e. The molecule has 4 rings (SSSR count). The topological polar surface area (TPSA) is 50.4 Å². The van der Waals surface area contributed by atoms with Crippen LogP contribution in [0.5, 0.6) is 5.75 Å². The molecule has 0 aliphatic carbocycles. The van der Waals surface area contributed by atoms with Crippen molar-refractivity contribution in [3.8, 4) is 5.75 Å². The number of carbonyl (C=O) groups is 1. The molecule has 1 amide bonds. The lowest BCUT2D eigenvalue weighted by Gasteiger charge is -2.13. The Labute approximate surface area is 169 Å². The lowest BCUT2D eigenvalue weighted by molar-refractivity contribution is -0.116. The van der Waals surface area contributed by atoms with E-state index in [1.807, 2.05) is 54.6 Å². The van der Waals surface area contributed by atoms with Crippen molar-refractivity contribution in [1.82, 2.24) is 5.32 Å². The fourth-order valence-electron chi connectivity index (χ4n) is 3.29. The van der Waals surface area contributed by atoms with Gasteiger partial charge in [-0.2, -0.15) is 0 Å². The van der Waals surface area contributed by atoms with Gasteiger partial charge in [0, 0.05) is 11.1 Å². The highest BCUT2D eigenvalue weighted by molar-refractivity contribution is 8.05. The maximum absolute atomic E-state index is 12.5. The van der Waals surface area contributed by atoms with Crippen molar-refractivity contribution >= 4 is 40.2 Å². The Morgan fingerprint density at radius 3 is 2.54 bits per heavy atom.